The molecule has 0 spiro atoms. The number of nitrogens with one attached hydrogen (secondary N) is 1. The van der Waals surface area contributed by atoms with Gasteiger partial charge in [-0.05, 0) is 12.1 Å². The highest BCUT2D eigenvalue weighted by molar-refractivity contribution is 5.81. The Bertz CT molecular complexity index is 413. The van der Waals surface area contributed by atoms with Crippen LogP contribution in [0, 0.1) is 0 Å². The maximum absolute atomic E-state index is 4.41. The smallest absolute Gasteiger partial charge is 0.194 e. The van der Waals surface area contributed by atoms with Gasteiger partial charge in [-0.2, -0.15) is 0 Å². The molecular weight excluding hydrogens is 214 g/mol. The van der Waals surface area contributed by atoms with Crippen LogP contribution in [0.25, 0.3) is 0 Å². The number of anilines is 1. The van der Waals surface area contributed by atoms with Gasteiger partial charge in [-0.1, -0.05) is 0 Å². The van der Waals surface area contributed by atoms with E-state index < -0.39 is 0 Å². The van der Waals surface area contributed by atoms with E-state index in [4.69, 9.17) is 0 Å². The van der Waals surface area contributed by atoms with Crippen LogP contribution < -0.4 is 10.2 Å². The second-order valence-electron chi connectivity index (χ2n) is 4.34. The normalized spacial score (nSPS) is 14.8. The van der Waals surface area contributed by atoms with Crippen LogP contribution in [0.1, 0.15) is 5.69 Å². The van der Waals surface area contributed by atoms with Crippen LogP contribution in [-0.2, 0) is 6.54 Å². The van der Waals surface area contributed by atoms with E-state index in [1.165, 1.54) is 0 Å². The van der Waals surface area contributed by atoms with Gasteiger partial charge in [-0.25, -0.2) is 0 Å². The molecule has 0 fully saturated rings. The lowest BCUT2D eigenvalue weighted by Gasteiger charge is -2.19. The lowest BCUT2D eigenvalue weighted by molar-refractivity contribution is 0.533. The number of nitrogens with zero attached hydrogens (tertiary/aromatic N) is 4. The summed E-state index contributed by atoms with van der Waals surface area (Å²) in [4.78, 5) is 13.0. The Balaban J connectivity index is 2.04. The lowest BCUT2D eigenvalue weighted by atomic mass is 10.3. The minimum Gasteiger partial charge on any atom is -0.376 e. The maximum atomic E-state index is 4.41. The third-order valence-electron chi connectivity index (χ3n) is 2.82. The summed E-state index contributed by atoms with van der Waals surface area (Å²) in [5.41, 5.74) is 2.18. The monoisotopic (exact) mass is 233 g/mol. The Hall–Kier alpha value is -1.78. The van der Waals surface area contributed by atoms with Crippen molar-refractivity contribution in [3.05, 3.63) is 24.0 Å². The summed E-state index contributed by atoms with van der Waals surface area (Å²) in [6.45, 7) is 2.57. The Kier molecular flexibility index (Phi) is 3.46. The molecule has 5 nitrogen and oxygen atoms in total. The Morgan fingerprint density at radius 1 is 1.47 bits per heavy atom. The van der Waals surface area contributed by atoms with Gasteiger partial charge in [0.1, 0.15) is 0 Å². The van der Waals surface area contributed by atoms with Gasteiger partial charge in [0.2, 0.25) is 0 Å². The average molecular weight is 233 g/mol. The van der Waals surface area contributed by atoms with Crippen LogP contribution in [-0.4, -0.2) is 50.1 Å². The Morgan fingerprint density at radius 2 is 2.29 bits per heavy atom. The molecule has 0 saturated carbocycles. The molecule has 0 aromatic carbocycles. The number of hydrogen-bond acceptors (Lipinski definition) is 5. The number of hydrogen-bond donors (Lipinski definition) is 1. The molecular formula is C12H19N5. The first-order valence-corrected chi connectivity index (χ1v) is 5.79. The Morgan fingerprint density at radius 3 is 2.94 bits per heavy atom. The van der Waals surface area contributed by atoms with Gasteiger partial charge in [0.05, 0.1) is 24.5 Å². The highest BCUT2D eigenvalue weighted by atomic mass is 15.3. The fourth-order valence-corrected chi connectivity index (χ4v) is 1.86. The molecule has 0 radical (unpaired) electrons. The van der Waals surface area contributed by atoms with Gasteiger partial charge in [0.15, 0.2) is 5.96 Å². The minimum absolute atomic E-state index is 0.706. The highest BCUT2D eigenvalue weighted by Crippen LogP contribution is 2.14. The lowest BCUT2D eigenvalue weighted by Crippen LogP contribution is -2.35. The predicted octanol–water partition coefficient (Wildman–Crippen LogP) is 0.539. The van der Waals surface area contributed by atoms with Crippen molar-refractivity contribution in [1.82, 2.24) is 15.2 Å². The van der Waals surface area contributed by atoms with Crippen molar-refractivity contribution in [2.45, 2.75) is 6.54 Å². The molecule has 5 heteroatoms. The van der Waals surface area contributed by atoms with Gasteiger partial charge >= 0.3 is 0 Å². The topological polar surface area (TPSA) is 43.8 Å². The van der Waals surface area contributed by atoms with Gasteiger partial charge < -0.3 is 15.1 Å². The van der Waals surface area contributed by atoms with Gasteiger partial charge in [-0.15, -0.1) is 0 Å². The fraction of sp³-hybridized carbons (Fsp3) is 0.500. The molecule has 0 atom stereocenters. The van der Waals surface area contributed by atoms with Crippen molar-refractivity contribution in [2.75, 3.05) is 39.1 Å². The molecule has 17 heavy (non-hydrogen) atoms. The number of aromatic nitrogens is 1. The second-order valence-corrected chi connectivity index (χ2v) is 4.34. The van der Waals surface area contributed by atoms with Crippen molar-refractivity contribution < 1.29 is 0 Å². The number of rotatable bonds is 3. The number of aliphatic imine (C=N–C) groups is 1. The third-order valence-corrected chi connectivity index (χ3v) is 2.82. The summed E-state index contributed by atoms with van der Waals surface area (Å²) in [6, 6.07) is 4.03. The van der Waals surface area contributed by atoms with E-state index >= 15 is 0 Å². The van der Waals surface area contributed by atoms with Gasteiger partial charge in [0, 0.05) is 33.9 Å². The van der Waals surface area contributed by atoms with Crippen molar-refractivity contribution >= 4 is 11.6 Å². The standard InChI is InChI=1S/C12H19N5/c1-16(2)11-5-4-6-13-10(11)9-15-12-14-7-8-17(12)3/h4-6H,7-9H2,1-3H3,(H,14,15). The molecule has 0 aliphatic carbocycles. The summed E-state index contributed by atoms with van der Waals surface area (Å²) < 4.78 is 0. The molecule has 0 unspecified atom stereocenters. The molecule has 2 rings (SSSR count). The molecule has 1 aliphatic rings. The predicted molar refractivity (Wildman–Crippen MR) is 70.3 cm³/mol. The first-order valence-electron chi connectivity index (χ1n) is 5.79. The summed E-state index contributed by atoms with van der Waals surface area (Å²) in [7, 11) is 6.10. The van der Waals surface area contributed by atoms with Gasteiger partial charge in [0.25, 0.3) is 0 Å². The molecule has 1 N–H and O–H groups in total. The molecule has 1 aromatic rings. The molecule has 2 heterocycles. The summed E-state index contributed by atoms with van der Waals surface area (Å²) in [5, 5.41) is 3.33. The average Bonchev–Trinajstić information content (AvgIpc) is 2.72. The van der Waals surface area contributed by atoms with Crippen LogP contribution in [0.5, 0.6) is 0 Å². The summed E-state index contributed by atoms with van der Waals surface area (Å²) in [5.74, 6) is 0.959. The third kappa shape index (κ3) is 2.67. The van der Waals surface area contributed by atoms with E-state index in [2.05, 4.69) is 31.2 Å². The van der Waals surface area contributed by atoms with E-state index in [0.717, 1.165) is 30.4 Å². The van der Waals surface area contributed by atoms with Crippen LogP contribution in [0.2, 0.25) is 0 Å². The molecule has 0 bridgehead atoms. The largest absolute Gasteiger partial charge is 0.376 e. The fourth-order valence-electron chi connectivity index (χ4n) is 1.86. The zero-order chi connectivity index (χ0) is 12.3. The number of guanidine groups is 1. The highest BCUT2D eigenvalue weighted by Gasteiger charge is 2.12. The summed E-state index contributed by atoms with van der Waals surface area (Å²) >= 11 is 0. The van der Waals surface area contributed by atoms with Crippen LogP contribution in [0.15, 0.2) is 23.3 Å². The van der Waals surface area contributed by atoms with Crippen molar-refractivity contribution in [2.24, 2.45) is 4.99 Å². The number of pyridine rings is 1. The van der Waals surface area contributed by atoms with Crippen LogP contribution in [0.4, 0.5) is 5.69 Å². The van der Waals surface area contributed by atoms with E-state index in [9.17, 15) is 0 Å². The first-order chi connectivity index (χ1) is 8.18. The van der Waals surface area contributed by atoms with Crippen molar-refractivity contribution in [1.29, 1.82) is 0 Å². The SMILES string of the molecule is CN1CCN=C1NCc1ncccc1N(C)C. The molecule has 0 amide bonds. The minimum atomic E-state index is 0.706. The molecule has 0 saturated heterocycles. The second kappa shape index (κ2) is 5.03. The summed E-state index contributed by atoms with van der Waals surface area (Å²) in [6.07, 6.45) is 1.82. The molecule has 1 aromatic heterocycles. The molecule has 1 aliphatic heterocycles. The van der Waals surface area contributed by atoms with E-state index in [0.29, 0.717) is 6.54 Å². The van der Waals surface area contributed by atoms with Gasteiger partial charge in [-0.3, -0.25) is 9.98 Å². The molecule has 92 valence electrons. The maximum Gasteiger partial charge on any atom is 0.194 e. The zero-order valence-electron chi connectivity index (χ0n) is 10.6. The van der Waals surface area contributed by atoms with Crippen LogP contribution in [0.3, 0.4) is 0 Å². The number of likely N-dealkylation sites (N-methyl/N-ethyl adjacent to an activating group) is 1. The first kappa shape index (κ1) is 11.7. The quantitative estimate of drug-likeness (QED) is 0.827. The van der Waals surface area contributed by atoms with Crippen molar-refractivity contribution in [3.63, 3.8) is 0 Å². The zero-order valence-corrected chi connectivity index (χ0v) is 10.6. The Labute approximate surface area is 102 Å². The van der Waals surface area contributed by atoms with E-state index in [1.54, 1.807) is 0 Å². The van der Waals surface area contributed by atoms with Crippen molar-refractivity contribution in [3.8, 4) is 0 Å². The van der Waals surface area contributed by atoms with Crippen LogP contribution >= 0.6 is 0 Å². The van der Waals surface area contributed by atoms with E-state index in [1.807, 2.05) is 33.4 Å². The van der Waals surface area contributed by atoms with E-state index in [-0.39, 0.29) is 0 Å².